The van der Waals surface area contributed by atoms with Crippen molar-refractivity contribution in [3.63, 3.8) is 0 Å². The number of fused-ring (bicyclic) bond motifs is 1. The van der Waals surface area contributed by atoms with E-state index in [1.165, 1.54) is 24.4 Å². The van der Waals surface area contributed by atoms with Gasteiger partial charge in [0.05, 0.1) is 15.6 Å². The van der Waals surface area contributed by atoms with E-state index >= 15 is 0 Å². The summed E-state index contributed by atoms with van der Waals surface area (Å²) in [6.07, 6.45) is 2.54. The molecule has 38 heavy (non-hydrogen) atoms. The van der Waals surface area contributed by atoms with Gasteiger partial charge < -0.3 is 14.4 Å². The summed E-state index contributed by atoms with van der Waals surface area (Å²) in [5.41, 5.74) is 2.69. The van der Waals surface area contributed by atoms with Crippen molar-refractivity contribution in [2.24, 2.45) is 0 Å². The van der Waals surface area contributed by atoms with Crippen molar-refractivity contribution in [1.29, 1.82) is 0 Å². The first kappa shape index (κ1) is 26.8. The number of aliphatic hydroxyl groups is 1. The average molecular weight is 567 g/mol. The number of nitrogens with one attached hydrogen (secondary N) is 1. The molecule has 2 N–H and O–H groups in total. The summed E-state index contributed by atoms with van der Waals surface area (Å²) in [7, 11) is 0. The van der Waals surface area contributed by atoms with E-state index < -0.39 is 29.1 Å². The zero-order valence-corrected chi connectivity index (χ0v) is 21.8. The molecule has 202 valence electrons. The molecule has 1 atom stereocenters. The number of aromatic nitrogens is 1. The molecule has 0 unspecified atom stereocenters. The Hall–Kier alpha value is -2.76. The van der Waals surface area contributed by atoms with Crippen LogP contribution >= 0.6 is 23.2 Å². The molecule has 12 heteroatoms. The van der Waals surface area contributed by atoms with Crippen LogP contribution in [0.4, 0.5) is 8.78 Å². The molecule has 2 aromatic carbocycles. The third-order valence-corrected chi connectivity index (χ3v) is 7.29. The van der Waals surface area contributed by atoms with Gasteiger partial charge in [-0.3, -0.25) is 19.9 Å². The SMILES string of the molecule is O=C(NN1CCN(C[C@@H](O)COc2ccc(Cl)c(F)c2)CC1)c1cn(C2CC2)c2cc(Cl)c(F)cc2c1=O. The number of hydrogen-bond donors (Lipinski definition) is 2. The Morgan fingerprint density at radius 2 is 1.79 bits per heavy atom. The molecule has 1 amide bonds. The van der Waals surface area contributed by atoms with Gasteiger partial charge in [-0.2, -0.15) is 0 Å². The summed E-state index contributed by atoms with van der Waals surface area (Å²) in [6.45, 7) is 2.37. The summed E-state index contributed by atoms with van der Waals surface area (Å²) in [6, 6.07) is 6.74. The van der Waals surface area contributed by atoms with Crippen LogP contribution < -0.4 is 15.6 Å². The van der Waals surface area contributed by atoms with E-state index in [2.05, 4.69) is 5.43 Å². The Morgan fingerprint density at radius 3 is 2.47 bits per heavy atom. The van der Waals surface area contributed by atoms with E-state index in [9.17, 15) is 23.5 Å². The van der Waals surface area contributed by atoms with Crippen molar-refractivity contribution in [2.45, 2.75) is 25.0 Å². The van der Waals surface area contributed by atoms with Gasteiger partial charge in [0.25, 0.3) is 5.91 Å². The minimum Gasteiger partial charge on any atom is -0.491 e. The van der Waals surface area contributed by atoms with Crippen LogP contribution in [0.2, 0.25) is 10.0 Å². The fraction of sp³-hybridized carbons (Fsp3) is 0.385. The van der Waals surface area contributed by atoms with Crippen molar-refractivity contribution in [3.05, 3.63) is 74.0 Å². The number of β-amino-alcohol motifs (C(OH)–C–C–N with tert-alkyl or cyclic N) is 1. The van der Waals surface area contributed by atoms with Crippen LogP contribution in [0, 0.1) is 11.6 Å². The lowest BCUT2D eigenvalue weighted by Gasteiger charge is -2.35. The Bertz CT molecular complexity index is 1420. The number of piperazine rings is 1. The Labute approximate surface area is 227 Å². The van der Waals surface area contributed by atoms with Crippen LogP contribution in [0.1, 0.15) is 29.2 Å². The van der Waals surface area contributed by atoms with Crippen LogP contribution in [0.3, 0.4) is 0 Å². The molecule has 1 aliphatic carbocycles. The van der Waals surface area contributed by atoms with Gasteiger partial charge in [0.15, 0.2) is 0 Å². The summed E-state index contributed by atoms with van der Waals surface area (Å²) in [5.74, 6) is -1.58. The van der Waals surface area contributed by atoms with Gasteiger partial charge in [0, 0.05) is 56.4 Å². The van der Waals surface area contributed by atoms with Crippen molar-refractivity contribution in [3.8, 4) is 5.75 Å². The monoisotopic (exact) mass is 566 g/mol. The maximum atomic E-state index is 14.1. The minimum absolute atomic E-state index is 0.00382. The van der Waals surface area contributed by atoms with Crippen molar-refractivity contribution >= 4 is 40.0 Å². The number of ether oxygens (including phenoxy) is 1. The number of rotatable bonds is 8. The van der Waals surface area contributed by atoms with Crippen molar-refractivity contribution in [1.82, 2.24) is 19.9 Å². The Balaban J connectivity index is 1.17. The van der Waals surface area contributed by atoms with Crippen LogP contribution in [-0.2, 0) is 0 Å². The molecule has 2 heterocycles. The van der Waals surface area contributed by atoms with Gasteiger partial charge in [0.1, 0.15) is 35.7 Å². The lowest BCUT2D eigenvalue weighted by molar-refractivity contribution is 0.0316. The Kier molecular flexibility index (Phi) is 7.88. The molecule has 0 spiro atoms. The fourth-order valence-electron chi connectivity index (χ4n) is 4.52. The lowest BCUT2D eigenvalue weighted by Crippen LogP contribution is -2.55. The first-order chi connectivity index (χ1) is 18.2. The molecule has 1 aromatic heterocycles. The highest BCUT2D eigenvalue weighted by Gasteiger charge is 2.28. The van der Waals surface area contributed by atoms with Gasteiger partial charge in [-0.1, -0.05) is 23.2 Å². The highest BCUT2D eigenvalue weighted by molar-refractivity contribution is 6.31. The standard InChI is InChI=1S/C26H26Cl2F2N4O4/c27-20-4-3-17(9-22(20)29)38-14-16(35)12-32-5-7-33(8-6-32)31-26(37)19-13-34(15-1-2-15)24-11-21(28)23(30)10-18(24)25(19)36/h3-4,9-11,13,15-16,35H,1-2,5-8,12,14H2,(H,31,37)/t16-/m1/s1. The molecule has 0 radical (unpaired) electrons. The predicted octanol–water partition coefficient (Wildman–Crippen LogP) is 3.62. The summed E-state index contributed by atoms with van der Waals surface area (Å²) in [4.78, 5) is 28.1. The quantitative estimate of drug-likeness (QED) is 0.433. The van der Waals surface area contributed by atoms with Crippen LogP contribution in [0.15, 0.2) is 41.3 Å². The van der Waals surface area contributed by atoms with Crippen LogP contribution in [-0.4, -0.2) is 70.9 Å². The fourth-order valence-corrected chi connectivity index (χ4v) is 4.79. The second-order valence-corrected chi connectivity index (χ2v) is 10.4. The van der Waals surface area contributed by atoms with Crippen LogP contribution in [0.25, 0.3) is 10.9 Å². The number of hydrazine groups is 1. The second kappa shape index (κ2) is 11.2. The smallest absolute Gasteiger partial charge is 0.271 e. The molecular weight excluding hydrogens is 541 g/mol. The molecular formula is C26H26Cl2F2N4O4. The highest BCUT2D eigenvalue weighted by atomic mass is 35.5. The molecule has 2 fully saturated rings. The van der Waals surface area contributed by atoms with Gasteiger partial charge in [-0.25, -0.2) is 13.8 Å². The Morgan fingerprint density at radius 1 is 1.08 bits per heavy atom. The number of amides is 1. The number of pyridine rings is 1. The number of hydrogen-bond acceptors (Lipinski definition) is 6. The van der Waals surface area contributed by atoms with E-state index in [0.29, 0.717) is 38.2 Å². The predicted molar refractivity (Wildman–Crippen MR) is 140 cm³/mol. The molecule has 0 bridgehead atoms. The zero-order chi connectivity index (χ0) is 27.0. The van der Waals surface area contributed by atoms with Gasteiger partial charge in [0.2, 0.25) is 5.43 Å². The zero-order valence-electron chi connectivity index (χ0n) is 20.3. The lowest BCUT2D eigenvalue weighted by atomic mass is 10.1. The maximum Gasteiger partial charge on any atom is 0.271 e. The largest absolute Gasteiger partial charge is 0.491 e. The second-order valence-electron chi connectivity index (χ2n) is 9.56. The molecule has 3 aromatic rings. The summed E-state index contributed by atoms with van der Waals surface area (Å²) < 4.78 is 35.0. The van der Waals surface area contributed by atoms with Gasteiger partial charge in [-0.05, 0) is 37.1 Å². The molecule has 5 rings (SSSR count). The minimum atomic E-state index is -0.803. The normalized spacial score (nSPS) is 17.5. The molecule has 8 nitrogen and oxygen atoms in total. The topological polar surface area (TPSA) is 87.0 Å². The number of carbonyl (C=O) groups excluding carboxylic acids is 1. The summed E-state index contributed by atoms with van der Waals surface area (Å²) in [5, 5.41) is 12.1. The van der Waals surface area contributed by atoms with E-state index in [-0.39, 0.29) is 39.4 Å². The number of halogens is 4. The van der Waals surface area contributed by atoms with Gasteiger partial charge in [-0.15, -0.1) is 0 Å². The summed E-state index contributed by atoms with van der Waals surface area (Å²) >= 11 is 11.6. The van der Waals surface area contributed by atoms with Crippen LogP contribution in [0.5, 0.6) is 5.75 Å². The number of aliphatic hydroxyl groups excluding tert-OH is 1. The van der Waals surface area contributed by atoms with E-state index in [1.807, 2.05) is 9.47 Å². The van der Waals surface area contributed by atoms with Gasteiger partial charge >= 0.3 is 0 Å². The van der Waals surface area contributed by atoms with E-state index in [1.54, 1.807) is 5.01 Å². The highest BCUT2D eigenvalue weighted by Crippen LogP contribution is 2.37. The molecule has 1 saturated carbocycles. The van der Waals surface area contributed by atoms with E-state index in [4.69, 9.17) is 27.9 Å². The molecule has 1 saturated heterocycles. The first-order valence-corrected chi connectivity index (χ1v) is 13.0. The number of benzene rings is 2. The van der Waals surface area contributed by atoms with E-state index in [0.717, 1.165) is 25.0 Å². The maximum absolute atomic E-state index is 14.1. The number of carbonyl (C=O) groups is 1. The third-order valence-electron chi connectivity index (χ3n) is 6.69. The van der Waals surface area contributed by atoms with Crippen molar-refractivity contribution in [2.75, 3.05) is 39.3 Å². The molecule has 1 aliphatic heterocycles. The third kappa shape index (κ3) is 5.94. The van der Waals surface area contributed by atoms with Crippen molar-refractivity contribution < 1.29 is 23.4 Å². The average Bonchev–Trinajstić information content (AvgIpc) is 3.73. The molecule has 2 aliphatic rings. The number of nitrogens with zero attached hydrogens (tertiary/aromatic N) is 3. The first-order valence-electron chi connectivity index (χ1n) is 12.3.